The highest BCUT2D eigenvalue weighted by molar-refractivity contribution is 6.88. The lowest BCUT2D eigenvalue weighted by Crippen LogP contribution is -2.37. The summed E-state index contributed by atoms with van der Waals surface area (Å²) >= 11 is 0. The Morgan fingerprint density at radius 1 is 0.900 bits per heavy atom. The van der Waals surface area contributed by atoms with Crippen molar-refractivity contribution in [1.82, 2.24) is 0 Å². The normalized spacial score (nSPS) is 11.4. The number of ether oxygens (including phenoxy) is 1. The molecule has 0 atom stereocenters. The Bertz CT molecular complexity index is 552. The van der Waals surface area contributed by atoms with E-state index in [1.165, 1.54) is 16.3 Å². The van der Waals surface area contributed by atoms with E-state index in [-0.39, 0.29) is 0 Å². The van der Waals surface area contributed by atoms with E-state index in [1.807, 2.05) is 6.07 Å². The van der Waals surface area contributed by atoms with Gasteiger partial charge in [-0.15, -0.1) is 0 Å². The molecule has 0 amide bonds. The smallest absolute Gasteiger partial charge is 0.120 e. The van der Waals surface area contributed by atoms with E-state index < -0.39 is 8.07 Å². The fourth-order valence-electron chi connectivity index (χ4n) is 2.12. The van der Waals surface area contributed by atoms with Gasteiger partial charge < -0.3 is 4.74 Å². The number of aryl methyl sites for hydroxylation is 1. The van der Waals surface area contributed by atoms with Crippen molar-refractivity contribution in [2.24, 2.45) is 0 Å². The molecule has 0 aliphatic heterocycles. The van der Waals surface area contributed by atoms with Crippen molar-refractivity contribution in [2.75, 3.05) is 0 Å². The first kappa shape index (κ1) is 14.9. The second kappa shape index (κ2) is 6.27. The van der Waals surface area contributed by atoms with Gasteiger partial charge in [0.1, 0.15) is 12.4 Å². The summed E-state index contributed by atoms with van der Waals surface area (Å²) in [6.07, 6.45) is 1.04. The molecule has 0 saturated heterocycles. The molecule has 1 nitrogen and oxygen atoms in total. The Labute approximate surface area is 123 Å². The number of rotatable bonds is 5. The van der Waals surface area contributed by atoms with Crippen LogP contribution in [0.4, 0.5) is 0 Å². The molecule has 0 radical (unpaired) electrons. The molecule has 2 aromatic rings. The summed E-state index contributed by atoms with van der Waals surface area (Å²) in [5, 5.41) is 1.49. The third-order valence-corrected chi connectivity index (χ3v) is 5.60. The molecule has 0 unspecified atom stereocenters. The average molecular weight is 284 g/mol. The lowest BCUT2D eigenvalue weighted by Gasteiger charge is -2.16. The molecule has 2 heteroatoms. The fraction of sp³-hybridized carbons (Fsp3) is 0.333. The van der Waals surface area contributed by atoms with E-state index in [1.54, 1.807) is 0 Å². The largest absolute Gasteiger partial charge is 0.489 e. The van der Waals surface area contributed by atoms with Crippen LogP contribution in [0.25, 0.3) is 0 Å². The Morgan fingerprint density at radius 2 is 1.60 bits per heavy atom. The van der Waals surface area contributed by atoms with Crippen LogP contribution in [-0.4, -0.2) is 8.07 Å². The Balaban J connectivity index is 2.00. The summed E-state index contributed by atoms with van der Waals surface area (Å²) in [6, 6.07) is 17.2. The molecule has 2 aromatic carbocycles. The lowest BCUT2D eigenvalue weighted by molar-refractivity contribution is 0.306. The summed E-state index contributed by atoms with van der Waals surface area (Å²) in [6.45, 7) is 9.91. The first-order valence-corrected chi connectivity index (χ1v) is 10.8. The van der Waals surface area contributed by atoms with Crippen LogP contribution in [0.5, 0.6) is 5.75 Å². The quantitative estimate of drug-likeness (QED) is 0.741. The van der Waals surface area contributed by atoms with Crippen molar-refractivity contribution in [1.29, 1.82) is 0 Å². The van der Waals surface area contributed by atoms with Gasteiger partial charge in [0.2, 0.25) is 0 Å². The summed E-state index contributed by atoms with van der Waals surface area (Å²) in [4.78, 5) is 0. The summed E-state index contributed by atoms with van der Waals surface area (Å²) < 4.78 is 5.87. The van der Waals surface area contributed by atoms with Crippen molar-refractivity contribution in [3.63, 3.8) is 0 Å². The zero-order valence-corrected chi connectivity index (χ0v) is 13.9. The van der Waals surface area contributed by atoms with Crippen LogP contribution in [0.1, 0.15) is 18.1 Å². The van der Waals surface area contributed by atoms with Gasteiger partial charge in [-0.2, -0.15) is 0 Å². The predicted molar refractivity (Wildman–Crippen MR) is 89.6 cm³/mol. The molecular weight excluding hydrogens is 260 g/mol. The average Bonchev–Trinajstić information content (AvgIpc) is 2.45. The highest BCUT2D eigenvalue weighted by Gasteiger charge is 2.15. The summed E-state index contributed by atoms with van der Waals surface area (Å²) in [5.74, 6) is 0.957. The van der Waals surface area contributed by atoms with Crippen LogP contribution in [0, 0.1) is 0 Å². The Kier molecular flexibility index (Phi) is 4.66. The second-order valence-electron chi connectivity index (χ2n) is 6.24. The van der Waals surface area contributed by atoms with Gasteiger partial charge in [-0.25, -0.2) is 0 Å². The topological polar surface area (TPSA) is 9.23 Å². The third kappa shape index (κ3) is 3.97. The number of hydrogen-bond acceptors (Lipinski definition) is 1. The van der Waals surface area contributed by atoms with Gasteiger partial charge in [-0.1, -0.05) is 68.1 Å². The standard InChI is InChI=1S/C18H24OSi/c1-5-15-7-6-8-17(13-15)19-14-16-9-11-18(12-10-16)20(2,3)4/h6-13H,5,14H2,1-4H3. The molecule has 0 heterocycles. The highest BCUT2D eigenvalue weighted by atomic mass is 28.3. The van der Waals surface area contributed by atoms with E-state index in [0.29, 0.717) is 6.61 Å². The fourth-order valence-corrected chi connectivity index (χ4v) is 3.29. The van der Waals surface area contributed by atoms with Crippen LogP contribution in [0.3, 0.4) is 0 Å². The van der Waals surface area contributed by atoms with Gasteiger partial charge in [-0.3, -0.25) is 0 Å². The zero-order valence-electron chi connectivity index (χ0n) is 12.9. The van der Waals surface area contributed by atoms with E-state index in [4.69, 9.17) is 4.74 Å². The maximum atomic E-state index is 5.87. The van der Waals surface area contributed by atoms with Crippen molar-refractivity contribution >= 4 is 13.3 Å². The van der Waals surface area contributed by atoms with E-state index in [9.17, 15) is 0 Å². The molecule has 0 aliphatic carbocycles. The number of benzene rings is 2. The maximum Gasteiger partial charge on any atom is 0.120 e. The minimum Gasteiger partial charge on any atom is -0.489 e. The SMILES string of the molecule is CCc1cccc(OCc2ccc([Si](C)(C)C)cc2)c1. The molecule has 0 spiro atoms. The molecule has 0 saturated carbocycles. The maximum absolute atomic E-state index is 5.87. The molecule has 20 heavy (non-hydrogen) atoms. The van der Waals surface area contributed by atoms with Crippen molar-refractivity contribution in [3.8, 4) is 5.75 Å². The number of hydrogen-bond donors (Lipinski definition) is 0. The van der Waals surface area contributed by atoms with Crippen LogP contribution in [-0.2, 0) is 13.0 Å². The highest BCUT2D eigenvalue weighted by Crippen LogP contribution is 2.15. The first-order chi connectivity index (χ1) is 9.49. The minimum atomic E-state index is -1.20. The zero-order chi connectivity index (χ0) is 14.6. The first-order valence-electron chi connectivity index (χ1n) is 7.30. The van der Waals surface area contributed by atoms with Gasteiger partial charge in [-0.05, 0) is 29.7 Å². The summed E-state index contributed by atoms with van der Waals surface area (Å²) in [7, 11) is -1.20. The Morgan fingerprint density at radius 3 is 2.20 bits per heavy atom. The molecule has 0 aliphatic rings. The van der Waals surface area contributed by atoms with E-state index in [2.05, 4.69) is 69.0 Å². The monoisotopic (exact) mass is 284 g/mol. The summed E-state index contributed by atoms with van der Waals surface area (Å²) in [5.41, 5.74) is 2.55. The molecule has 0 fully saturated rings. The van der Waals surface area contributed by atoms with Gasteiger partial charge in [0, 0.05) is 0 Å². The second-order valence-corrected chi connectivity index (χ2v) is 11.3. The van der Waals surface area contributed by atoms with Crippen LogP contribution >= 0.6 is 0 Å². The van der Waals surface area contributed by atoms with Crippen LogP contribution in [0.2, 0.25) is 19.6 Å². The van der Waals surface area contributed by atoms with Gasteiger partial charge in [0.25, 0.3) is 0 Å². The van der Waals surface area contributed by atoms with Crippen molar-refractivity contribution in [2.45, 2.75) is 39.6 Å². The van der Waals surface area contributed by atoms with E-state index >= 15 is 0 Å². The Hall–Kier alpha value is -1.54. The molecule has 2 rings (SSSR count). The third-order valence-electron chi connectivity index (χ3n) is 3.53. The molecule has 0 aromatic heterocycles. The van der Waals surface area contributed by atoms with Crippen LogP contribution < -0.4 is 9.92 Å². The van der Waals surface area contributed by atoms with Crippen molar-refractivity contribution < 1.29 is 4.74 Å². The molecule has 106 valence electrons. The predicted octanol–water partition coefficient (Wildman–Crippen LogP) is 4.37. The van der Waals surface area contributed by atoms with Gasteiger partial charge >= 0.3 is 0 Å². The van der Waals surface area contributed by atoms with Gasteiger partial charge in [0.05, 0.1) is 8.07 Å². The molecule has 0 N–H and O–H groups in total. The minimum absolute atomic E-state index is 0.638. The van der Waals surface area contributed by atoms with Gasteiger partial charge in [0.15, 0.2) is 0 Å². The lowest BCUT2D eigenvalue weighted by atomic mass is 10.2. The van der Waals surface area contributed by atoms with E-state index in [0.717, 1.165) is 12.2 Å². The molecule has 0 bridgehead atoms. The van der Waals surface area contributed by atoms with Crippen LogP contribution in [0.15, 0.2) is 48.5 Å². The molecular formula is C18H24OSi. The van der Waals surface area contributed by atoms with Crippen molar-refractivity contribution in [3.05, 3.63) is 59.7 Å².